The maximum absolute atomic E-state index is 9.68. The lowest BCUT2D eigenvalue weighted by Gasteiger charge is -2.29. The van der Waals surface area contributed by atoms with Crippen LogP contribution in [0.3, 0.4) is 0 Å². The van der Waals surface area contributed by atoms with Gasteiger partial charge in [0.15, 0.2) is 0 Å². The quantitative estimate of drug-likeness (QED) is 0.831. The molecule has 0 radical (unpaired) electrons. The molecule has 0 aromatic carbocycles. The molecule has 1 aromatic rings. The Kier molecular flexibility index (Phi) is 2.87. The minimum atomic E-state index is -0.369. The van der Waals surface area contributed by atoms with Gasteiger partial charge in [-0.05, 0) is 31.6 Å². The van der Waals surface area contributed by atoms with Gasteiger partial charge >= 0.3 is 0 Å². The van der Waals surface area contributed by atoms with Crippen molar-refractivity contribution in [2.24, 2.45) is 5.92 Å². The third-order valence-corrected chi connectivity index (χ3v) is 4.05. The fraction of sp³-hybridized carbons (Fsp3) is 0.714. The number of aryl methyl sites for hydroxylation is 1. The first-order chi connectivity index (χ1) is 8.77. The van der Waals surface area contributed by atoms with Crippen molar-refractivity contribution in [1.29, 1.82) is 5.26 Å². The molecule has 1 atom stereocenters. The molecule has 0 aliphatic heterocycles. The second-order valence-corrected chi connectivity index (χ2v) is 5.60. The van der Waals surface area contributed by atoms with E-state index in [9.17, 15) is 5.26 Å². The summed E-state index contributed by atoms with van der Waals surface area (Å²) >= 11 is 0. The van der Waals surface area contributed by atoms with Gasteiger partial charge in [0.1, 0.15) is 11.4 Å². The smallest absolute Gasteiger partial charge is 0.127 e. The highest BCUT2D eigenvalue weighted by Crippen LogP contribution is 2.42. The molecule has 1 aromatic heterocycles. The van der Waals surface area contributed by atoms with Crippen molar-refractivity contribution in [2.75, 3.05) is 0 Å². The van der Waals surface area contributed by atoms with Crippen LogP contribution in [0.4, 0.5) is 0 Å². The largest absolute Gasteiger partial charge is 0.332 e. The van der Waals surface area contributed by atoms with E-state index in [2.05, 4.69) is 27.9 Å². The van der Waals surface area contributed by atoms with Crippen molar-refractivity contribution in [3.8, 4) is 6.07 Å². The van der Waals surface area contributed by atoms with Crippen molar-refractivity contribution in [1.82, 2.24) is 14.9 Å². The molecule has 4 heteroatoms. The van der Waals surface area contributed by atoms with Gasteiger partial charge in [-0.3, -0.25) is 5.32 Å². The summed E-state index contributed by atoms with van der Waals surface area (Å²) < 4.78 is 2.15. The lowest BCUT2D eigenvalue weighted by atomic mass is 9.94. The summed E-state index contributed by atoms with van der Waals surface area (Å²) in [6.45, 7) is 2.85. The Balaban J connectivity index is 1.82. The summed E-state index contributed by atoms with van der Waals surface area (Å²) in [7, 11) is 0. The number of hydrogen-bond acceptors (Lipinski definition) is 3. The molecule has 0 amide bonds. The first-order valence-electron chi connectivity index (χ1n) is 6.96. The Morgan fingerprint density at radius 2 is 2.28 bits per heavy atom. The van der Waals surface area contributed by atoms with E-state index in [1.165, 1.54) is 25.7 Å². The van der Waals surface area contributed by atoms with E-state index in [4.69, 9.17) is 0 Å². The highest BCUT2D eigenvalue weighted by molar-refractivity contribution is 5.18. The van der Waals surface area contributed by atoms with Gasteiger partial charge in [-0.15, -0.1) is 0 Å². The van der Waals surface area contributed by atoms with Gasteiger partial charge in [0.05, 0.1) is 12.6 Å². The fourth-order valence-electron chi connectivity index (χ4n) is 2.69. The van der Waals surface area contributed by atoms with Gasteiger partial charge in [-0.25, -0.2) is 4.98 Å². The highest BCUT2D eigenvalue weighted by atomic mass is 15.1. The van der Waals surface area contributed by atoms with Gasteiger partial charge in [0, 0.05) is 24.9 Å². The predicted octanol–water partition coefficient (Wildman–Crippen LogP) is 1.87. The Morgan fingerprint density at radius 1 is 1.50 bits per heavy atom. The Bertz CT molecular complexity index is 464. The maximum Gasteiger partial charge on any atom is 0.127 e. The summed E-state index contributed by atoms with van der Waals surface area (Å²) in [6, 6.07) is 3.15. The molecule has 0 saturated heterocycles. The van der Waals surface area contributed by atoms with Crippen molar-refractivity contribution in [3.05, 3.63) is 18.2 Å². The van der Waals surface area contributed by atoms with Crippen molar-refractivity contribution >= 4 is 0 Å². The molecule has 1 unspecified atom stereocenters. The molecule has 96 valence electrons. The number of imidazole rings is 1. The number of nitriles is 1. The van der Waals surface area contributed by atoms with Gasteiger partial charge in [-0.1, -0.05) is 6.92 Å². The minimum Gasteiger partial charge on any atom is -0.332 e. The molecule has 0 spiro atoms. The van der Waals surface area contributed by atoms with E-state index in [1.807, 2.05) is 12.4 Å². The molecule has 2 saturated carbocycles. The van der Waals surface area contributed by atoms with E-state index < -0.39 is 0 Å². The summed E-state index contributed by atoms with van der Waals surface area (Å²) in [5, 5.41) is 13.3. The average molecular weight is 244 g/mol. The molecule has 1 heterocycles. The maximum atomic E-state index is 9.68. The zero-order valence-electron chi connectivity index (χ0n) is 10.9. The first-order valence-corrected chi connectivity index (χ1v) is 6.96. The van der Waals surface area contributed by atoms with Crippen LogP contribution >= 0.6 is 0 Å². The summed E-state index contributed by atoms with van der Waals surface area (Å²) in [5.74, 6) is 1.60. The Morgan fingerprint density at radius 3 is 2.83 bits per heavy atom. The Labute approximate surface area is 108 Å². The zero-order chi connectivity index (χ0) is 12.6. The fourth-order valence-corrected chi connectivity index (χ4v) is 2.69. The zero-order valence-corrected chi connectivity index (χ0v) is 10.9. The monoisotopic (exact) mass is 244 g/mol. The number of nitrogens with zero attached hydrogens (tertiary/aromatic N) is 3. The Hall–Kier alpha value is -1.34. The standard InChI is InChI=1S/C14H20N4/c1-2-13-16-7-8-18(13)10-14(9-15,11-3-4-11)17-12-5-6-12/h7-8,11-12,17H,2-6,10H2,1H3. The molecule has 2 fully saturated rings. The van der Waals surface area contributed by atoms with Crippen LogP contribution < -0.4 is 5.32 Å². The lowest BCUT2D eigenvalue weighted by Crippen LogP contribution is -2.50. The summed E-state index contributed by atoms with van der Waals surface area (Å²) in [5.41, 5.74) is -0.369. The molecule has 2 aliphatic carbocycles. The van der Waals surface area contributed by atoms with E-state index in [0.29, 0.717) is 12.0 Å². The molecular formula is C14H20N4. The van der Waals surface area contributed by atoms with Crippen LogP contribution in [0.25, 0.3) is 0 Å². The van der Waals surface area contributed by atoms with Crippen LogP contribution in [0.5, 0.6) is 0 Å². The van der Waals surface area contributed by atoms with E-state index in [1.54, 1.807) is 0 Å². The van der Waals surface area contributed by atoms with Crippen LogP contribution in [-0.2, 0) is 13.0 Å². The minimum absolute atomic E-state index is 0.369. The highest BCUT2D eigenvalue weighted by Gasteiger charge is 2.48. The third-order valence-electron chi connectivity index (χ3n) is 4.05. The topological polar surface area (TPSA) is 53.6 Å². The van der Waals surface area contributed by atoms with Crippen molar-refractivity contribution < 1.29 is 0 Å². The van der Waals surface area contributed by atoms with E-state index in [-0.39, 0.29) is 5.54 Å². The van der Waals surface area contributed by atoms with Gasteiger partial charge < -0.3 is 4.57 Å². The number of rotatable bonds is 6. The first kappa shape index (κ1) is 11.7. The molecule has 1 N–H and O–H groups in total. The van der Waals surface area contributed by atoms with Crippen molar-refractivity contribution in [2.45, 2.75) is 57.2 Å². The van der Waals surface area contributed by atoms with Crippen LogP contribution in [0, 0.1) is 17.2 Å². The summed E-state index contributed by atoms with van der Waals surface area (Å²) in [6.07, 6.45) is 9.57. The van der Waals surface area contributed by atoms with Crippen molar-refractivity contribution in [3.63, 3.8) is 0 Å². The molecular weight excluding hydrogens is 224 g/mol. The van der Waals surface area contributed by atoms with Crippen LogP contribution in [-0.4, -0.2) is 21.1 Å². The number of aromatic nitrogens is 2. The molecule has 18 heavy (non-hydrogen) atoms. The van der Waals surface area contributed by atoms with Gasteiger partial charge in [0.25, 0.3) is 0 Å². The molecule has 2 aliphatic rings. The number of hydrogen-bond donors (Lipinski definition) is 1. The van der Waals surface area contributed by atoms with Gasteiger partial charge in [-0.2, -0.15) is 5.26 Å². The van der Waals surface area contributed by atoms with Crippen LogP contribution in [0.15, 0.2) is 12.4 Å². The average Bonchev–Trinajstić information content (AvgIpc) is 3.28. The lowest BCUT2D eigenvalue weighted by molar-refractivity contribution is 0.311. The normalized spacial score (nSPS) is 22.4. The second-order valence-electron chi connectivity index (χ2n) is 5.60. The second kappa shape index (κ2) is 4.40. The molecule has 0 bridgehead atoms. The molecule has 3 rings (SSSR count). The van der Waals surface area contributed by atoms with Crippen LogP contribution in [0.2, 0.25) is 0 Å². The van der Waals surface area contributed by atoms with Gasteiger partial charge in [0.2, 0.25) is 0 Å². The SMILES string of the molecule is CCc1nccn1CC(C#N)(NC1CC1)C1CC1. The van der Waals surface area contributed by atoms with E-state index in [0.717, 1.165) is 18.8 Å². The predicted molar refractivity (Wildman–Crippen MR) is 68.8 cm³/mol. The number of nitrogens with one attached hydrogen (secondary N) is 1. The van der Waals surface area contributed by atoms with E-state index >= 15 is 0 Å². The van der Waals surface area contributed by atoms with Crippen LogP contribution in [0.1, 0.15) is 38.4 Å². The summed E-state index contributed by atoms with van der Waals surface area (Å²) in [4.78, 5) is 4.35. The third kappa shape index (κ3) is 2.15. The molecule has 4 nitrogen and oxygen atoms in total.